The second-order valence-corrected chi connectivity index (χ2v) is 5.19. The molecule has 0 unspecified atom stereocenters. The van der Waals surface area contributed by atoms with E-state index in [1.54, 1.807) is 7.05 Å². The molecule has 1 aliphatic rings. The third kappa shape index (κ3) is 3.36. The Bertz CT molecular complexity index is 475. The SMILES string of the molecule is CN(C(=O)[C@@H](N)Cc1ccccc1)[C@H]1CCCNC1=O. The first kappa shape index (κ1) is 14.5. The number of amides is 2. The molecule has 1 saturated heterocycles. The fraction of sp³-hybridized carbons (Fsp3) is 0.467. The summed E-state index contributed by atoms with van der Waals surface area (Å²) in [6, 6.07) is 8.65. The highest BCUT2D eigenvalue weighted by Gasteiger charge is 2.31. The molecular formula is C15H21N3O2. The van der Waals surface area contributed by atoms with Crippen LogP contribution in [0.4, 0.5) is 0 Å². The molecule has 1 fully saturated rings. The zero-order valence-corrected chi connectivity index (χ0v) is 11.7. The molecule has 0 saturated carbocycles. The molecule has 0 spiro atoms. The van der Waals surface area contributed by atoms with Crippen molar-refractivity contribution in [3.05, 3.63) is 35.9 Å². The second-order valence-electron chi connectivity index (χ2n) is 5.19. The zero-order valence-electron chi connectivity index (χ0n) is 11.7. The van der Waals surface area contributed by atoms with E-state index in [-0.39, 0.29) is 11.8 Å². The maximum absolute atomic E-state index is 12.3. The van der Waals surface area contributed by atoms with Crippen molar-refractivity contribution >= 4 is 11.8 Å². The summed E-state index contributed by atoms with van der Waals surface area (Å²) in [7, 11) is 1.66. The van der Waals surface area contributed by atoms with Gasteiger partial charge in [0, 0.05) is 13.6 Å². The number of likely N-dealkylation sites (N-methyl/N-ethyl adjacent to an activating group) is 1. The number of hydrogen-bond donors (Lipinski definition) is 2. The second kappa shape index (κ2) is 6.52. The molecule has 0 radical (unpaired) electrons. The topological polar surface area (TPSA) is 75.4 Å². The Balaban J connectivity index is 1.97. The van der Waals surface area contributed by atoms with Crippen LogP contribution in [0.2, 0.25) is 0 Å². The van der Waals surface area contributed by atoms with E-state index in [9.17, 15) is 9.59 Å². The monoisotopic (exact) mass is 275 g/mol. The number of piperidine rings is 1. The number of nitrogens with zero attached hydrogens (tertiary/aromatic N) is 1. The van der Waals surface area contributed by atoms with E-state index in [1.807, 2.05) is 30.3 Å². The van der Waals surface area contributed by atoms with Crippen LogP contribution in [0.3, 0.4) is 0 Å². The summed E-state index contributed by atoms with van der Waals surface area (Å²) in [5.74, 6) is -0.269. The van der Waals surface area contributed by atoms with Crippen molar-refractivity contribution < 1.29 is 9.59 Å². The third-order valence-electron chi connectivity index (χ3n) is 3.69. The van der Waals surface area contributed by atoms with Gasteiger partial charge in [0.25, 0.3) is 0 Å². The fourth-order valence-corrected chi connectivity index (χ4v) is 2.50. The first-order chi connectivity index (χ1) is 9.59. The Kier molecular flexibility index (Phi) is 4.74. The summed E-state index contributed by atoms with van der Waals surface area (Å²) in [4.78, 5) is 25.6. The molecule has 1 aliphatic heterocycles. The number of nitrogens with one attached hydrogen (secondary N) is 1. The van der Waals surface area contributed by atoms with Crippen molar-refractivity contribution in [3.63, 3.8) is 0 Å². The van der Waals surface area contributed by atoms with Crippen molar-refractivity contribution in [1.82, 2.24) is 10.2 Å². The maximum atomic E-state index is 12.3. The summed E-state index contributed by atoms with van der Waals surface area (Å²) < 4.78 is 0. The minimum atomic E-state index is -0.614. The van der Waals surface area contributed by atoms with Crippen LogP contribution in [-0.2, 0) is 16.0 Å². The molecule has 1 aromatic rings. The predicted molar refractivity (Wildman–Crippen MR) is 76.9 cm³/mol. The van der Waals surface area contributed by atoms with Crippen molar-refractivity contribution in [1.29, 1.82) is 0 Å². The van der Waals surface area contributed by atoms with E-state index >= 15 is 0 Å². The number of carbonyl (C=O) groups is 2. The van der Waals surface area contributed by atoms with Crippen molar-refractivity contribution in [3.8, 4) is 0 Å². The number of nitrogens with two attached hydrogens (primary N) is 1. The molecule has 0 aromatic heterocycles. The highest BCUT2D eigenvalue weighted by Crippen LogP contribution is 2.12. The summed E-state index contributed by atoms with van der Waals surface area (Å²) in [5.41, 5.74) is 7.00. The lowest BCUT2D eigenvalue weighted by atomic mass is 10.0. The van der Waals surface area contributed by atoms with E-state index in [0.717, 1.165) is 12.0 Å². The van der Waals surface area contributed by atoms with E-state index in [0.29, 0.717) is 19.4 Å². The van der Waals surface area contributed by atoms with Gasteiger partial charge in [0.15, 0.2) is 0 Å². The van der Waals surface area contributed by atoms with Gasteiger partial charge < -0.3 is 16.0 Å². The average molecular weight is 275 g/mol. The van der Waals surface area contributed by atoms with Crippen LogP contribution in [0.25, 0.3) is 0 Å². The van der Waals surface area contributed by atoms with Crippen molar-refractivity contribution in [2.24, 2.45) is 5.73 Å². The van der Waals surface area contributed by atoms with Gasteiger partial charge in [-0.2, -0.15) is 0 Å². The van der Waals surface area contributed by atoms with Crippen LogP contribution in [-0.4, -0.2) is 42.4 Å². The largest absolute Gasteiger partial charge is 0.354 e. The Labute approximate surface area is 119 Å². The molecule has 108 valence electrons. The van der Waals surface area contributed by atoms with Gasteiger partial charge in [0.05, 0.1) is 6.04 Å². The van der Waals surface area contributed by atoms with Gasteiger partial charge in [0.2, 0.25) is 11.8 Å². The molecule has 0 aliphatic carbocycles. The Hall–Kier alpha value is -1.88. The Morgan fingerprint density at radius 1 is 1.45 bits per heavy atom. The summed E-state index contributed by atoms with van der Waals surface area (Å²) in [5, 5.41) is 2.78. The van der Waals surface area contributed by atoms with E-state index in [4.69, 9.17) is 5.73 Å². The Morgan fingerprint density at radius 2 is 2.15 bits per heavy atom. The molecule has 2 rings (SSSR count). The molecule has 5 heteroatoms. The van der Waals surface area contributed by atoms with Crippen LogP contribution >= 0.6 is 0 Å². The lowest BCUT2D eigenvalue weighted by Crippen LogP contribution is -2.54. The number of benzene rings is 1. The minimum absolute atomic E-state index is 0.0842. The van der Waals surface area contributed by atoms with Crippen molar-refractivity contribution in [2.75, 3.05) is 13.6 Å². The molecule has 2 atom stereocenters. The molecule has 5 nitrogen and oxygen atoms in total. The van der Waals surface area contributed by atoms with Gasteiger partial charge in [-0.1, -0.05) is 30.3 Å². The first-order valence-corrected chi connectivity index (χ1v) is 6.93. The highest BCUT2D eigenvalue weighted by atomic mass is 16.2. The normalized spacial score (nSPS) is 20.1. The van der Waals surface area contributed by atoms with Crippen LogP contribution in [0, 0.1) is 0 Å². The zero-order chi connectivity index (χ0) is 14.5. The number of carbonyl (C=O) groups excluding carboxylic acids is 2. The van der Waals surface area contributed by atoms with Gasteiger partial charge in [0.1, 0.15) is 6.04 Å². The molecule has 1 heterocycles. The van der Waals surface area contributed by atoms with Crippen LogP contribution in [0.1, 0.15) is 18.4 Å². The predicted octanol–water partition coefficient (Wildman–Crippen LogP) is 0.293. The van der Waals surface area contributed by atoms with Gasteiger partial charge in [-0.05, 0) is 24.8 Å². The first-order valence-electron chi connectivity index (χ1n) is 6.93. The lowest BCUT2D eigenvalue weighted by Gasteiger charge is -2.32. The summed E-state index contributed by atoms with van der Waals surface area (Å²) in [6.45, 7) is 0.688. The highest BCUT2D eigenvalue weighted by molar-refractivity contribution is 5.90. The third-order valence-corrected chi connectivity index (χ3v) is 3.69. The van der Waals surface area contributed by atoms with E-state index < -0.39 is 12.1 Å². The van der Waals surface area contributed by atoms with E-state index in [1.165, 1.54) is 4.90 Å². The lowest BCUT2D eigenvalue weighted by molar-refractivity contribution is -0.141. The fourth-order valence-electron chi connectivity index (χ4n) is 2.50. The van der Waals surface area contributed by atoms with Gasteiger partial charge in [-0.3, -0.25) is 9.59 Å². The van der Waals surface area contributed by atoms with Gasteiger partial charge in [-0.25, -0.2) is 0 Å². The molecule has 3 N–H and O–H groups in total. The van der Waals surface area contributed by atoms with Crippen molar-refractivity contribution in [2.45, 2.75) is 31.3 Å². The summed E-state index contributed by atoms with van der Waals surface area (Å²) >= 11 is 0. The van der Waals surface area contributed by atoms with Crippen LogP contribution in [0.5, 0.6) is 0 Å². The van der Waals surface area contributed by atoms with Gasteiger partial charge >= 0.3 is 0 Å². The molecule has 20 heavy (non-hydrogen) atoms. The molecular weight excluding hydrogens is 254 g/mol. The quantitative estimate of drug-likeness (QED) is 0.829. The number of rotatable bonds is 4. The minimum Gasteiger partial charge on any atom is -0.354 e. The Morgan fingerprint density at radius 3 is 2.80 bits per heavy atom. The maximum Gasteiger partial charge on any atom is 0.242 e. The van der Waals surface area contributed by atoms with Gasteiger partial charge in [-0.15, -0.1) is 0 Å². The summed E-state index contributed by atoms with van der Waals surface area (Å²) in [6.07, 6.45) is 2.08. The molecule has 0 bridgehead atoms. The number of hydrogen-bond acceptors (Lipinski definition) is 3. The smallest absolute Gasteiger partial charge is 0.242 e. The molecule has 2 amide bonds. The van der Waals surface area contributed by atoms with Crippen LogP contribution < -0.4 is 11.1 Å². The van der Waals surface area contributed by atoms with Crippen LogP contribution in [0.15, 0.2) is 30.3 Å². The molecule has 1 aromatic carbocycles. The van der Waals surface area contributed by atoms with E-state index in [2.05, 4.69) is 5.32 Å². The average Bonchev–Trinajstić information content (AvgIpc) is 2.47. The standard InChI is InChI=1S/C15H21N3O2/c1-18(13-8-5-9-17-14(13)19)15(20)12(16)10-11-6-3-2-4-7-11/h2-4,6-7,12-13H,5,8-10,16H2,1H3,(H,17,19)/t12-,13-/m0/s1.